The number of fused-ring (bicyclic) bond motifs is 1. The zero-order valence-electron chi connectivity index (χ0n) is 27.1. The van der Waals surface area contributed by atoms with Gasteiger partial charge in [0.15, 0.2) is 5.82 Å². The summed E-state index contributed by atoms with van der Waals surface area (Å²) >= 11 is 0. The van der Waals surface area contributed by atoms with E-state index in [0.29, 0.717) is 5.82 Å². The molecular formula is C46H34N2. The Bertz CT molecular complexity index is 2310. The maximum atomic E-state index is 5.04. The largest absolute Gasteiger partial charge is 0.228 e. The number of aromatic nitrogens is 2. The molecule has 7 aromatic carbocycles. The molecule has 0 saturated heterocycles. The first-order chi connectivity index (χ1) is 23.6. The molecule has 0 N–H and O–H groups in total. The van der Waals surface area contributed by atoms with Crippen LogP contribution in [0, 0.1) is 13.8 Å². The molecule has 2 heteroatoms. The van der Waals surface area contributed by atoms with Crippen molar-refractivity contribution in [1.82, 2.24) is 9.97 Å². The molecular weight excluding hydrogens is 581 g/mol. The molecule has 8 aromatic rings. The van der Waals surface area contributed by atoms with Crippen LogP contribution >= 0.6 is 0 Å². The van der Waals surface area contributed by atoms with Gasteiger partial charge in [-0.3, -0.25) is 0 Å². The van der Waals surface area contributed by atoms with Crippen molar-refractivity contribution < 1.29 is 0 Å². The standard InChI is InChI=1S/C46H34N2/c1-31-24-32(2)26-38(25-31)40-27-39(28-41(29-40)43-19-11-17-34-12-9-10-18-42(34)43)33-20-22-37(23-21-33)46-47-44(35-13-5-3-6-14-35)30-45(48-46)36-15-7-4-8-16-36/h3-30H,1-2H3. The molecule has 0 aliphatic carbocycles. The topological polar surface area (TPSA) is 25.8 Å². The SMILES string of the molecule is Cc1cc(C)cc(-c2cc(-c3ccc(-c4nc(-c5ccccc5)cc(-c5ccccc5)n4)cc3)cc(-c3cccc4ccccc34)c2)c1. The van der Waals surface area contributed by atoms with Crippen molar-refractivity contribution >= 4 is 10.8 Å². The van der Waals surface area contributed by atoms with Crippen LogP contribution in [0.3, 0.4) is 0 Å². The summed E-state index contributed by atoms with van der Waals surface area (Å²) in [5, 5.41) is 2.49. The minimum atomic E-state index is 0.710. The summed E-state index contributed by atoms with van der Waals surface area (Å²) in [7, 11) is 0. The van der Waals surface area contributed by atoms with E-state index >= 15 is 0 Å². The summed E-state index contributed by atoms with van der Waals surface area (Å²) in [6, 6.07) is 60.4. The number of nitrogens with zero attached hydrogens (tertiary/aromatic N) is 2. The van der Waals surface area contributed by atoms with Crippen molar-refractivity contribution in [2.24, 2.45) is 0 Å². The Morgan fingerprint density at radius 3 is 1.48 bits per heavy atom. The number of benzene rings is 7. The molecule has 2 nitrogen and oxygen atoms in total. The number of rotatable bonds is 6. The number of hydrogen-bond donors (Lipinski definition) is 0. The van der Waals surface area contributed by atoms with E-state index in [4.69, 9.17) is 9.97 Å². The van der Waals surface area contributed by atoms with Gasteiger partial charge in [-0.25, -0.2) is 9.97 Å². The quantitative estimate of drug-likeness (QED) is 0.186. The van der Waals surface area contributed by atoms with Crippen LogP contribution in [0.25, 0.3) is 78.1 Å². The Labute approximate surface area is 282 Å². The molecule has 0 radical (unpaired) electrons. The summed E-state index contributed by atoms with van der Waals surface area (Å²) in [6.07, 6.45) is 0. The lowest BCUT2D eigenvalue weighted by molar-refractivity contribution is 1.18. The highest BCUT2D eigenvalue weighted by Gasteiger charge is 2.13. The Balaban J connectivity index is 1.25. The van der Waals surface area contributed by atoms with Crippen LogP contribution in [0.2, 0.25) is 0 Å². The molecule has 0 aliphatic rings. The minimum absolute atomic E-state index is 0.710. The van der Waals surface area contributed by atoms with E-state index in [-0.39, 0.29) is 0 Å². The lowest BCUT2D eigenvalue weighted by Crippen LogP contribution is -1.96. The normalized spacial score (nSPS) is 11.1. The Morgan fingerprint density at radius 2 is 0.833 bits per heavy atom. The van der Waals surface area contributed by atoms with E-state index < -0.39 is 0 Å². The van der Waals surface area contributed by atoms with Crippen molar-refractivity contribution in [2.45, 2.75) is 13.8 Å². The molecule has 0 atom stereocenters. The average molecular weight is 615 g/mol. The second-order valence-corrected chi connectivity index (χ2v) is 12.5. The zero-order chi connectivity index (χ0) is 32.5. The van der Waals surface area contributed by atoms with Gasteiger partial charge in [0.1, 0.15) is 0 Å². The van der Waals surface area contributed by atoms with Gasteiger partial charge in [-0.2, -0.15) is 0 Å². The fourth-order valence-corrected chi connectivity index (χ4v) is 6.64. The van der Waals surface area contributed by atoms with Crippen molar-refractivity contribution in [1.29, 1.82) is 0 Å². The monoisotopic (exact) mass is 614 g/mol. The molecule has 0 unspecified atom stereocenters. The van der Waals surface area contributed by atoms with E-state index in [2.05, 4.69) is 147 Å². The Morgan fingerprint density at radius 1 is 0.333 bits per heavy atom. The third-order valence-corrected chi connectivity index (χ3v) is 8.93. The van der Waals surface area contributed by atoms with E-state index in [0.717, 1.165) is 33.6 Å². The van der Waals surface area contributed by atoms with Crippen LogP contribution in [-0.4, -0.2) is 9.97 Å². The highest BCUT2D eigenvalue weighted by molar-refractivity contribution is 5.98. The summed E-state index contributed by atoms with van der Waals surface area (Å²) in [5.41, 5.74) is 14.6. The third kappa shape index (κ3) is 5.92. The Hall–Kier alpha value is -6.12. The molecule has 228 valence electrons. The van der Waals surface area contributed by atoms with Crippen molar-refractivity contribution in [2.75, 3.05) is 0 Å². The van der Waals surface area contributed by atoms with Crippen molar-refractivity contribution in [3.63, 3.8) is 0 Å². The molecule has 0 amide bonds. The van der Waals surface area contributed by atoms with Crippen LogP contribution in [0.1, 0.15) is 11.1 Å². The van der Waals surface area contributed by atoms with E-state index in [9.17, 15) is 0 Å². The molecule has 0 spiro atoms. The predicted molar refractivity (Wildman–Crippen MR) is 202 cm³/mol. The molecule has 1 aromatic heterocycles. The number of hydrogen-bond acceptors (Lipinski definition) is 2. The van der Waals surface area contributed by atoms with Gasteiger partial charge in [0.2, 0.25) is 0 Å². The van der Waals surface area contributed by atoms with Gasteiger partial charge >= 0.3 is 0 Å². The van der Waals surface area contributed by atoms with Gasteiger partial charge in [-0.15, -0.1) is 0 Å². The highest BCUT2D eigenvalue weighted by atomic mass is 14.9. The summed E-state index contributed by atoms with van der Waals surface area (Å²) in [4.78, 5) is 10.1. The molecule has 0 aliphatic heterocycles. The van der Waals surface area contributed by atoms with Gasteiger partial charge in [0.25, 0.3) is 0 Å². The third-order valence-electron chi connectivity index (χ3n) is 8.93. The van der Waals surface area contributed by atoms with Crippen molar-refractivity contribution in [3.05, 3.63) is 181 Å². The fourth-order valence-electron chi connectivity index (χ4n) is 6.64. The minimum Gasteiger partial charge on any atom is -0.228 e. The van der Waals surface area contributed by atoms with Crippen LogP contribution in [0.5, 0.6) is 0 Å². The summed E-state index contributed by atoms with van der Waals surface area (Å²) in [6.45, 7) is 4.34. The van der Waals surface area contributed by atoms with Crippen molar-refractivity contribution in [3.8, 4) is 67.3 Å². The van der Waals surface area contributed by atoms with Gasteiger partial charge in [0, 0.05) is 16.7 Å². The van der Waals surface area contributed by atoms with Crippen LogP contribution in [-0.2, 0) is 0 Å². The van der Waals surface area contributed by atoms with E-state index in [1.807, 2.05) is 36.4 Å². The lowest BCUT2D eigenvalue weighted by Gasteiger charge is -2.14. The van der Waals surface area contributed by atoms with E-state index in [1.54, 1.807) is 0 Å². The first-order valence-electron chi connectivity index (χ1n) is 16.4. The Kier molecular flexibility index (Phi) is 7.68. The van der Waals surface area contributed by atoms with E-state index in [1.165, 1.54) is 49.7 Å². The molecule has 0 saturated carbocycles. The lowest BCUT2D eigenvalue weighted by atomic mass is 9.90. The van der Waals surface area contributed by atoms with Crippen LogP contribution in [0.4, 0.5) is 0 Å². The van der Waals surface area contributed by atoms with Gasteiger partial charge in [-0.1, -0.05) is 157 Å². The summed E-state index contributed by atoms with van der Waals surface area (Å²) in [5.74, 6) is 0.710. The maximum Gasteiger partial charge on any atom is 0.160 e. The first kappa shape index (κ1) is 29.3. The first-order valence-corrected chi connectivity index (χ1v) is 16.4. The molecule has 8 rings (SSSR count). The predicted octanol–water partition coefficient (Wildman–Crippen LogP) is 12.2. The smallest absolute Gasteiger partial charge is 0.160 e. The number of aryl methyl sites for hydroxylation is 2. The second kappa shape index (κ2) is 12.6. The zero-order valence-corrected chi connectivity index (χ0v) is 27.1. The molecule has 48 heavy (non-hydrogen) atoms. The van der Waals surface area contributed by atoms with Gasteiger partial charge in [-0.05, 0) is 82.3 Å². The van der Waals surface area contributed by atoms with Gasteiger partial charge < -0.3 is 0 Å². The fraction of sp³-hybridized carbons (Fsp3) is 0.0435. The molecule has 0 bridgehead atoms. The second-order valence-electron chi connectivity index (χ2n) is 12.5. The highest BCUT2D eigenvalue weighted by Crippen LogP contribution is 2.37. The van der Waals surface area contributed by atoms with Crippen LogP contribution in [0.15, 0.2) is 170 Å². The molecule has 1 heterocycles. The molecule has 0 fully saturated rings. The average Bonchev–Trinajstić information content (AvgIpc) is 3.14. The van der Waals surface area contributed by atoms with Gasteiger partial charge in [0.05, 0.1) is 11.4 Å². The maximum absolute atomic E-state index is 5.04. The summed E-state index contributed by atoms with van der Waals surface area (Å²) < 4.78 is 0. The van der Waals surface area contributed by atoms with Crippen LogP contribution < -0.4 is 0 Å².